The lowest BCUT2D eigenvalue weighted by Crippen LogP contribution is -2.30. The van der Waals surface area contributed by atoms with E-state index in [0.29, 0.717) is 39.8 Å². The number of allylic oxidation sites excluding steroid dienone is 1. The van der Waals surface area contributed by atoms with Gasteiger partial charge in [0.15, 0.2) is 11.5 Å². The molecule has 0 fully saturated rings. The second-order valence-electron chi connectivity index (χ2n) is 7.76. The number of nitrogens with one attached hydrogen (secondary N) is 1. The Hall–Kier alpha value is -3.95. The number of anilines is 1. The fraction of sp³-hybridized carbons (Fsp3) is 0.304. The Morgan fingerprint density at radius 3 is 2.73 bits per heavy atom. The zero-order chi connectivity index (χ0) is 23.5. The molecule has 1 aromatic heterocycles. The lowest BCUT2D eigenvalue weighted by molar-refractivity contribution is -0.143. The molecule has 9 nitrogen and oxygen atoms in total. The van der Waals surface area contributed by atoms with E-state index in [1.165, 1.54) is 17.9 Å². The number of fused-ring (bicyclic) bond motifs is 1. The summed E-state index contributed by atoms with van der Waals surface area (Å²) >= 11 is 0. The van der Waals surface area contributed by atoms with Crippen molar-refractivity contribution in [2.75, 3.05) is 12.4 Å². The highest BCUT2D eigenvalue weighted by atomic mass is 19.1. The van der Waals surface area contributed by atoms with Gasteiger partial charge in [0.2, 0.25) is 5.95 Å². The van der Waals surface area contributed by atoms with Crippen molar-refractivity contribution in [3.05, 3.63) is 70.7 Å². The molecule has 10 heteroatoms. The first-order chi connectivity index (χ1) is 15.9. The summed E-state index contributed by atoms with van der Waals surface area (Å²) in [7, 11) is 1.51. The maximum atomic E-state index is 14.0. The van der Waals surface area contributed by atoms with Crippen LogP contribution >= 0.6 is 0 Å². The Bertz CT molecular complexity index is 1210. The number of nitrogens with zero attached hydrogens (tertiary/aromatic N) is 4. The van der Waals surface area contributed by atoms with Crippen molar-refractivity contribution in [3.63, 3.8) is 0 Å². The monoisotopic (exact) mass is 453 g/mol. The first-order valence-corrected chi connectivity index (χ1v) is 10.4. The van der Waals surface area contributed by atoms with Crippen LogP contribution in [0.25, 0.3) is 0 Å². The van der Waals surface area contributed by atoms with Gasteiger partial charge < -0.3 is 19.5 Å². The molecule has 1 atom stereocenters. The second kappa shape index (κ2) is 9.27. The molecular formula is C23H24FN5O4. The predicted molar refractivity (Wildman–Crippen MR) is 117 cm³/mol. The topological polar surface area (TPSA) is 100 Å². The number of carbonyl (C=O) groups is 1. The molecule has 33 heavy (non-hydrogen) atoms. The van der Waals surface area contributed by atoms with E-state index < -0.39 is 12.0 Å². The molecule has 2 aromatic carbocycles. The molecule has 1 aliphatic rings. The highest BCUT2D eigenvalue weighted by Crippen LogP contribution is 2.39. The van der Waals surface area contributed by atoms with Crippen molar-refractivity contribution >= 4 is 11.9 Å². The summed E-state index contributed by atoms with van der Waals surface area (Å²) in [5, 5.41) is 14.8. The third-order valence-electron chi connectivity index (χ3n) is 5.12. The van der Waals surface area contributed by atoms with Gasteiger partial charge in [-0.15, -0.1) is 0 Å². The zero-order valence-electron chi connectivity index (χ0n) is 18.7. The molecule has 0 saturated carbocycles. The van der Waals surface area contributed by atoms with Gasteiger partial charge in [-0.2, -0.15) is 4.68 Å². The predicted octanol–water partition coefficient (Wildman–Crippen LogP) is 3.64. The number of hydrogen-bond donors (Lipinski definition) is 1. The van der Waals surface area contributed by atoms with E-state index in [2.05, 4.69) is 20.8 Å². The third-order valence-corrected chi connectivity index (χ3v) is 5.12. The highest BCUT2D eigenvalue weighted by Gasteiger charge is 2.35. The first kappa shape index (κ1) is 22.3. The number of rotatable bonds is 7. The summed E-state index contributed by atoms with van der Waals surface area (Å²) in [5.74, 6) is 0.439. The summed E-state index contributed by atoms with van der Waals surface area (Å²) in [6.45, 7) is 5.38. The number of aromatic nitrogens is 4. The van der Waals surface area contributed by atoms with Crippen LogP contribution in [0, 0.1) is 5.82 Å². The molecular weight excluding hydrogens is 429 g/mol. The van der Waals surface area contributed by atoms with Crippen molar-refractivity contribution in [1.82, 2.24) is 20.2 Å². The molecule has 0 bridgehead atoms. The summed E-state index contributed by atoms with van der Waals surface area (Å²) in [6, 6.07) is 11.0. The van der Waals surface area contributed by atoms with Gasteiger partial charge >= 0.3 is 5.97 Å². The molecule has 1 aliphatic heterocycles. The highest BCUT2D eigenvalue weighted by molar-refractivity contribution is 5.92. The average Bonchev–Trinajstić information content (AvgIpc) is 3.25. The molecule has 0 saturated heterocycles. The Labute approximate surface area is 190 Å². The van der Waals surface area contributed by atoms with Crippen molar-refractivity contribution < 1.29 is 23.4 Å². The van der Waals surface area contributed by atoms with Crippen molar-refractivity contribution in [1.29, 1.82) is 0 Å². The van der Waals surface area contributed by atoms with Crippen LogP contribution in [0.4, 0.5) is 10.3 Å². The number of ether oxygens (including phenoxy) is 3. The van der Waals surface area contributed by atoms with Crippen molar-refractivity contribution in [2.24, 2.45) is 0 Å². The molecule has 2 heterocycles. The van der Waals surface area contributed by atoms with Gasteiger partial charge in [-0.05, 0) is 55.0 Å². The largest absolute Gasteiger partial charge is 0.493 e. The van der Waals surface area contributed by atoms with Crippen LogP contribution in [0.1, 0.15) is 37.9 Å². The van der Waals surface area contributed by atoms with Gasteiger partial charge in [0.1, 0.15) is 18.5 Å². The minimum Gasteiger partial charge on any atom is -0.493 e. The average molecular weight is 453 g/mol. The maximum absolute atomic E-state index is 14.0. The molecule has 0 spiro atoms. The Kier molecular flexibility index (Phi) is 6.25. The van der Waals surface area contributed by atoms with Gasteiger partial charge in [0.25, 0.3) is 0 Å². The van der Waals surface area contributed by atoms with Crippen LogP contribution < -0.4 is 14.8 Å². The van der Waals surface area contributed by atoms with Gasteiger partial charge in [-0.1, -0.05) is 29.4 Å². The SMILES string of the molecule is COc1cc(C2C(C(=O)OC(C)C)=C(C)Nc3nnnn32)ccc1OCc1ccccc1F. The number of esters is 1. The van der Waals surface area contributed by atoms with Crippen LogP contribution in [0.2, 0.25) is 0 Å². The van der Waals surface area contributed by atoms with Gasteiger partial charge in [-0.25, -0.2) is 9.18 Å². The number of methoxy groups -OCH3 is 1. The minimum absolute atomic E-state index is 0.0395. The quantitative estimate of drug-likeness (QED) is 0.541. The summed E-state index contributed by atoms with van der Waals surface area (Å²) in [5.41, 5.74) is 2.09. The molecule has 1 N–H and O–H groups in total. The standard InChI is InChI=1S/C23H24FN5O4/c1-13(2)33-22(30)20-14(3)25-23-26-27-28-29(23)21(20)15-9-10-18(19(11-15)31-4)32-12-16-7-5-6-8-17(16)24/h5-11,13,21H,12H2,1-4H3,(H,25,26,28). The van der Waals surface area contributed by atoms with Gasteiger partial charge in [0.05, 0.1) is 18.8 Å². The van der Waals surface area contributed by atoms with Crippen LogP contribution in [-0.4, -0.2) is 39.4 Å². The van der Waals surface area contributed by atoms with Crippen LogP contribution in [-0.2, 0) is 16.1 Å². The zero-order valence-corrected chi connectivity index (χ0v) is 18.7. The van der Waals surface area contributed by atoms with Gasteiger partial charge in [-0.3, -0.25) is 0 Å². The molecule has 4 rings (SSSR count). The summed E-state index contributed by atoms with van der Waals surface area (Å²) in [6.07, 6.45) is -0.294. The van der Waals surface area contributed by atoms with E-state index in [4.69, 9.17) is 14.2 Å². The molecule has 172 valence electrons. The number of hydrogen-bond acceptors (Lipinski definition) is 8. The molecule has 0 aliphatic carbocycles. The number of carbonyl (C=O) groups excluding carboxylic acids is 1. The summed E-state index contributed by atoms with van der Waals surface area (Å²) < 4.78 is 32.3. The van der Waals surface area contributed by atoms with Crippen LogP contribution in [0.15, 0.2) is 53.7 Å². The van der Waals surface area contributed by atoms with Crippen molar-refractivity contribution in [2.45, 2.75) is 39.5 Å². The number of benzene rings is 2. The molecule has 0 amide bonds. The fourth-order valence-corrected chi connectivity index (χ4v) is 3.61. The maximum Gasteiger partial charge on any atom is 0.338 e. The van der Waals surface area contributed by atoms with Gasteiger partial charge in [0, 0.05) is 11.3 Å². The normalized spacial score (nSPS) is 15.2. The molecule has 0 radical (unpaired) electrons. The Morgan fingerprint density at radius 2 is 2.00 bits per heavy atom. The number of halogens is 1. The Morgan fingerprint density at radius 1 is 1.21 bits per heavy atom. The smallest absolute Gasteiger partial charge is 0.338 e. The lowest BCUT2D eigenvalue weighted by Gasteiger charge is -2.28. The minimum atomic E-state index is -0.642. The Balaban J connectivity index is 1.69. The van der Waals surface area contributed by atoms with E-state index >= 15 is 0 Å². The van der Waals surface area contributed by atoms with Crippen molar-refractivity contribution in [3.8, 4) is 11.5 Å². The second-order valence-corrected chi connectivity index (χ2v) is 7.76. The van der Waals surface area contributed by atoms with E-state index in [9.17, 15) is 9.18 Å². The third kappa shape index (κ3) is 4.50. The van der Waals surface area contributed by atoms with E-state index in [1.807, 2.05) is 0 Å². The summed E-state index contributed by atoms with van der Waals surface area (Å²) in [4.78, 5) is 13.0. The van der Waals surface area contributed by atoms with Crippen LogP contribution in [0.5, 0.6) is 11.5 Å². The van der Waals surface area contributed by atoms with Crippen LogP contribution in [0.3, 0.4) is 0 Å². The first-order valence-electron chi connectivity index (χ1n) is 10.4. The van der Waals surface area contributed by atoms with E-state index in [-0.39, 0.29) is 18.5 Å². The van der Waals surface area contributed by atoms with E-state index in [0.717, 1.165) is 0 Å². The fourth-order valence-electron chi connectivity index (χ4n) is 3.61. The number of tetrazole rings is 1. The van der Waals surface area contributed by atoms with E-state index in [1.54, 1.807) is 57.2 Å². The molecule has 1 unspecified atom stereocenters. The molecule has 3 aromatic rings. The lowest BCUT2D eigenvalue weighted by atomic mass is 9.95.